The molecule has 1 fully saturated rings. The van der Waals surface area contributed by atoms with Gasteiger partial charge in [0.05, 0.1) is 12.7 Å². The van der Waals surface area contributed by atoms with E-state index in [9.17, 15) is 0 Å². The molecule has 146 valence electrons. The minimum atomic E-state index is 0.00909. The van der Waals surface area contributed by atoms with E-state index in [1.54, 1.807) is 0 Å². The van der Waals surface area contributed by atoms with Crippen LogP contribution in [0.25, 0.3) is 0 Å². The SMILES string of the molecule is CCNC(=NCC(C)(C)c1cccc(C)c1)N1CCC(c2cnn(C)c2)C1. The maximum absolute atomic E-state index is 5.02. The van der Waals surface area contributed by atoms with Crippen LogP contribution in [0.1, 0.15) is 49.8 Å². The van der Waals surface area contributed by atoms with E-state index < -0.39 is 0 Å². The molecule has 0 spiro atoms. The van der Waals surface area contributed by atoms with Crippen LogP contribution in [0.15, 0.2) is 41.7 Å². The first-order valence-electron chi connectivity index (χ1n) is 9.98. The van der Waals surface area contributed by atoms with Crippen LogP contribution in [0.3, 0.4) is 0 Å². The summed E-state index contributed by atoms with van der Waals surface area (Å²) in [5.74, 6) is 1.57. The molecular weight excluding hydrogens is 334 g/mol. The van der Waals surface area contributed by atoms with Gasteiger partial charge in [0, 0.05) is 44.2 Å². The Hall–Kier alpha value is -2.30. The van der Waals surface area contributed by atoms with E-state index in [0.29, 0.717) is 5.92 Å². The lowest BCUT2D eigenvalue weighted by Crippen LogP contribution is -2.41. The highest BCUT2D eigenvalue weighted by atomic mass is 15.3. The number of hydrogen-bond acceptors (Lipinski definition) is 2. The van der Waals surface area contributed by atoms with Crippen molar-refractivity contribution in [3.8, 4) is 0 Å². The number of aliphatic imine (C=N–C) groups is 1. The van der Waals surface area contributed by atoms with Gasteiger partial charge in [-0.15, -0.1) is 0 Å². The predicted molar refractivity (Wildman–Crippen MR) is 112 cm³/mol. The number of rotatable bonds is 5. The predicted octanol–water partition coefficient (Wildman–Crippen LogP) is 3.46. The fourth-order valence-electron chi connectivity index (χ4n) is 3.73. The zero-order valence-electron chi connectivity index (χ0n) is 17.4. The molecule has 1 aliphatic heterocycles. The molecule has 2 aromatic rings. The van der Waals surface area contributed by atoms with E-state index in [1.807, 2.05) is 17.9 Å². The summed E-state index contributed by atoms with van der Waals surface area (Å²) in [5, 5.41) is 7.82. The third-order valence-corrected chi connectivity index (χ3v) is 5.44. The molecule has 1 atom stereocenters. The molecule has 1 aromatic carbocycles. The molecule has 3 rings (SSSR count). The van der Waals surface area contributed by atoms with Gasteiger partial charge in [-0.25, -0.2) is 0 Å². The van der Waals surface area contributed by atoms with Crippen LogP contribution in [0, 0.1) is 6.92 Å². The van der Waals surface area contributed by atoms with Crippen molar-refractivity contribution in [3.63, 3.8) is 0 Å². The lowest BCUT2D eigenvalue weighted by molar-refractivity contribution is 0.474. The minimum Gasteiger partial charge on any atom is -0.357 e. The molecule has 1 aliphatic rings. The summed E-state index contributed by atoms with van der Waals surface area (Å²) in [6, 6.07) is 8.77. The molecule has 0 aliphatic carbocycles. The summed E-state index contributed by atoms with van der Waals surface area (Å²) in [6.45, 7) is 12.5. The van der Waals surface area contributed by atoms with E-state index in [2.05, 4.69) is 73.5 Å². The van der Waals surface area contributed by atoms with Gasteiger partial charge in [0.25, 0.3) is 0 Å². The topological polar surface area (TPSA) is 45.5 Å². The molecule has 1 saturated heterocycles. The Morgan fingerprint density at radius 1 is 1.37 bits per heavy atom. The van der Waals surface area contributed by atoms with Gasteiger partial charge in [-0.05, 0) is 31.4 Å². The van der Waals surface area contributed by atoms with Crippen molar-refractivity contribution in [2.24, 2.45) is 12.0 Å². The van der Waals surface area contributed by atoms with Gasteiger partial charge in [0.2, 0.25) is 0 Å². The summed E-state index contributed by atoms with van der Waals surface area (Å²) < 4.78 is 1.89. The number of nitrogens with one attached hydrogen (secondary N) is 1. The fraction of sp³-hybridized carbons (Fsp3) is 0.545. The van der Waals surface area contributed by atoms with Gasteiger partial charge in [0.15, 0.2) is 5.96 Å². The normalized spacial score (nSPS) is 18.2. The van der Waals surface area contributed by atoms with Gasteiger partial charge < -0.3 is 10.2 Å². The van der Waals surface area contributed by atoms with Gasteiger partial charge in [-0.3, -0.25) is 9.67 Å². The molecule has 1 unspecified atom stereocenters. The van der Waals surface area contributed by atoms with Crippen LogP contribution in [0.4, 0.5) is 0 Å². The van der Waals surface area contributed by atoms with Crippen molar-refractivity contribution in [2.45, 2.75) is 45.4 Å². The first kappa shape index (κ1) is 19.5. The lowest BCUT2D eigenvalue weighted by atomic mass is 9.84. The van der Waals surface area contributed by atoms with Crippen LogP contribution in [0.5, 0.6) is 0 Å². The molecule has 27 heavy (non-hydrogen) atoms. The molecule has 0 amide bonds. The van der Waals surface area contributed by atoms with Gasteiger partial charge in [0.1, 0.15) is 0 Å². The van der Waals surface area contributed by atoms with E-state index >= 15 is 0 Å². The maximum atomic E-state index is 5.02. The van der Waals surface area contributed by atoms with Crippen LogP contribution >= 0.6 is 0 Å². The number of hydrogen-bond donors (Lipinski definition) is 1. The van der Waals surface area contributed by atoms with Crippen LogP contribution < -0.4 is 5.32 Å². The average molecular weight is 368 g/mol. The first-order chi connectivity index (χ1) is 12.9. The summed E-state index contributed by atoms with van der Waals surface area (Å²) in [6.07, 6.45) is 5.29. The van der Waals surface area contributed by atoms with Gasteiger partial charge in [-0.1, -0.05) is 43.7 Å². The second kappa shape index (κ2) is 8.15. The van der Waals surface area contributed by atoms with Crippen molar-refractivity contribution in [3.05, 3.63) is 53.3 Å². The molecule has 2 heterocycles. The molecule has 0 saturated carbocycles. The zero-order chi connectivity index (χ0) is 19.4. The van der Waals surface area contributed by atoms with Crippen molar-refractivity contribution in [1.82, 2.24) is 20.0 Å². The molecule has 0 radical (unpaired) electrons. The quantitative estimate of drug-likeness (QED) is 0.650. The second-order valence-electron chi connectivity index (χ2n) is 8.30. The third kappa shape index (κ3) is 4.71. The number of aromatic nitrogens is 2. The highest BCUT2D eigenvalue weighted by molar-refractivity contribution is 5.80. The van der Waals surface area contributed by atoms with Crippen molar-refractivity contribution < 1.29 is 0 Å². The molecular formula is C22H33N5. The molecule has 5 nitrogen and oxygen atoms in total. The van der Waals surface area contributed by atoms with Crippen molar-refractivity contribution in [1.29, 1.82) is 0 Å². The Bertz CT molecular complexity index is 790. The number of aryl methyl sites for hydroxylation is 2. The zero-order valence-corrected chi connectivity index (χ0v) is 17.4. The van der Waals surface area contributed by atoms with Gasteiger partial charge >= 0.3 is 0 Å². The van der Waals surface area contributed by atoms with E-state index in [-0.39, 0.29) is 5.41 Å². The van der Waals surface area contributed by atoms with Crippen LogP contribution in [-0.2, 0) is 12.5 Å². The van der Waals surface area contributed by atoms with E-state index in [4.69, 9.17) is 4.99 Å². The number of likely N-dealkylation sites (tertiary alicyclic amines) is 1. The minimum absolute atomic E-state index is 0.00909. The molecule has 5 heteroatoms. The average Bonchev–Trinajstić information content (AvgIpc) is 3.27. The lowest BCUT2D eigenvalue weighted by Gasteiger charge is -2.26. The monoisotopic (exact) mass is 367 g/mol. The Kier molecular flexibility index (Phi) is 5.88. The summed E-state index contributed by atoms with van der Waals surface area (Å²) in [7, 11) is 1.98. The summed E-state index contributed by atoms with van der Waals surface area (Å²) in [4.78, 5) is 7.41. The highest BCUT2D eigenvalue weighted by Crippen LogP contribution is 2.28. The number of nitrogens with zero attached hydrogens (tertiary/aromatic N) is 4. The Morgan fingerprint density at radius 2 is 2.19 bits per heavy atom. The molecule has 0 bridgehead atoms. The summed E-state index contributed by atoms with van der Waals surface area (Å²) >= 11 is 0. The van der Waals surface area contributed by atoms with Gasteiger partial charge in [-0.2, -0.15) is 5.10 Å². The van der Waals surface area contributed by atoms with E-state index in [0.717, 1.165) is 38.6 Å². The Morgan fingerprint density at radius 3 is 2.85 bits per heavy atom. The second-order valence-corrected chi connectivity index (χ2v) is 8.30. The third-order valence-electron chi connectivity index (χ3n) is 5.44. The number of benzene rings is 1. The van der Waals surface area contributed by atoms with E-state index in [1.165, 1.54) is 16.7 Å². The first-order valence-corrected chi connectivity index (χ1v) is 9.98. The Labute approximate surface area is 163 Å². The standard InChI is InChI=1S/C22H33N5/c1-6-23-21(24-16-22(3,4)20-9-7-8-17(2)12-20)27-11-10-18(15-27)19-13-25-26(5)14-19/h7-9,12-14,18H,6,10-11,15-16H2,1-5H3,(H,23,24). The fourth-order valence-corrected chi connectivity index (χ4v) is 3.73. The Balaban J connectivity index is 1.71. The number of guanidine groups is 1. The summed E-state index contributed by atoms with van der Waals surface area (Å²) in [5.41, 5.74) is 3.98. The van der Waals surface area contributed by atoms with Crippen LogP contribution in [0.2, 0.25) is 0 Å². The maximum Gasteiger partial charge on any atom is 0.193 e. The van der Waals surface area contributed by atoms with Crippen molar-refractivity contribution >= 4 is 5.96 Å². The van der Waals surface area contributed by atoms with Crippen molar-refractivity contribution in [2.75, 3.05) is 26.2 Å². The largest absolute Gasteiger partial charge is 0.357 e. The molecule has 1 N–H and O–H groups in total. The highest BCUT2D eigenvalue weighted by Gasteiger charge is 2.28. The molecule has 1 aromatic heterocycles. The van der Waals surface area contributed by atoms with Crippen LogP contribution in [-0.4, -0.2) is 46.8 Å². The smallest absolute Gasteiger partial charge is 0.193 e.